The summed E-state index contributed by atoms with van der Waals surface area (Å²) in [4.78, 5) is 0. The topological polar surface area (TPSA) is 57.3 Å². The first-order chi connectivity index (χ1) is 13.2. The first kappa shape index (κ1) is 20.0. The summed E-state index contributed by atoms with van der Waals surface area (Å²) < 4.78 is 5.72. The molecule has 3 rings (SSSR count). The maximum Gasteiger partial charge on any atom is 0.127 e. The van der Waals surface area contributed by atoms with Gasteiger partial charge < -0.3 is 26.0 Å². The number of ether oxygens (including phenoxy) is 1. The zero-order valence-electron chi connectivity index (χ0n) is 16.3. The van der Waals surface area contributed by atoms with E-state index in [9.17, 15) is 0 Å². The van der Waals surface area contributed by atoms with Crippen molar-refractivity contribution in [3.05, 3.63) is 72.8 Å². The number of nitrogens with one attached hydrogen (secondary N) is 4. The molecule has 5 nitrogen and oxygen atoms in total. The zero-order chi connectivity index (χ0) is 19.5. The van der Waals surface area contributed by atoms with Crippen molar-refractivity contribution in [1.29, 1.82) is 0 Å². The van der Waals surface area contributed by atoms with Crippen LogP contribution in [0.2, 0.25) is 0 Å². The molecule has 0 amide bonds. The standard InChI is InChI=1S/C14H16N2O.C8H12N2/c1-15-11-3-7-13(8-4-11)17-14-9-5-12(16-2)6-10-14;1-9-7-3-5-8(10-2)6-4-7/h3-10,15-16H,1-2H3;3-6,9-10H,1-2H3. The average molecular weight is 364 g/mol. The van der Waals surface area contributed by atoms with Gasteiger partial charge in [-0.1, -0.05) is 0 Å². The van der Waals surface area contributed by atoms with E-state index in [4.69, 9.17) is 4.74 Å². The number of anilines is 4. The van der Waals surface area contributed by atoms with Gasteiger partial charge in [-0.3, -0.25) is 0 Å². The summed E-state index contributed by atoms with van der Waals surface area (Å²) in [6.45, 7) is 0. The molecule has 0 saturated carbocycles. The van der Waals surface area contributed by atoms with Crippen molar-refractivity contribution in [3.63, 3.8) is 0 Å². The molecule has 0 aliphatic carbocycles. The summed E-state index contributed by atoms with van der Waals surface area (Å²) in [6, 6.07) is 23.8. The minimum atomic E-state index is 0.834. The highest BCUT2D eigenvalue weighted by Crippen LogP contribution is 2.24. The molecule has 0 radical (unpaired) electrons. The van der Waals surface area contributed by atoms with E-state index >= 15 is 0 Å². The van der Waals surface area contributed by atoms with Gasteiger partial charge in [-0.2, -0.15) is 0 Å². The van der Waals surface area contributed by atoms with Crippen molar-refractivity contribution >= 4 is 22.7 Å². The highest BCUT2D eigenvalue weighted by Gasteiger charge is 1.97. The minimum absolute atomic E-state index is 0.834. The smallest absolute Gasteiger partial charge is 0.127 e. The third kappa shape index (κ3) is 6.47. The molecule has 0 bridgehead atoms. The summed E-state index contributed by atoms with van der Waals surface area (Å²) in [5.41, 5.74) is 4.42. The largest absolute Gasteiger partial charge is 0.457 e. The van der Waals surface area contributed by atoms with Gasteiger partial charge in [0.05, 0.1) is 0 Å². The van der Waals surface area contributed by atoms with E-state index in [2.05, 4.69) is 21.3 Å². The van der Waals surface area contributed by atoms with Gasteiger partial charge in [-0.05, 0) is 72.8 Å². The lowest BCUT2D eigenvalue weighted by atomic mass is 10.3. The maximum absolute atomic E-state index is 5.72. The van der Waals surface area contributed by atoms with Crippen LogP contribution < -0.4 is 26.0 Å². The normalized spacial score (nSPS) is 9.48. The second-order valence-corrected chi connectivity index (χ2v) is 5.73. The second kappa shape index (κ2) is 10.6. The molecule has 0 atom stereocenters. The van der Waals surface area contributed by atoms with Crippen molar-refractivity contribution in [2.24, 2.45) is 0 Å². The van der Waals surface area contributed by atoms with E-state index in [-0.39, 0.29) is 0 Å². The number of benzene rings is 3. The molecular formula is C22H28N4O. The van der Waals surface area contributed by atoms with E-state index < -0.39 is 0 Å². The van der Waals surface area contributed by atoms with Gasteiger partial charge in [-0.15, -0.1) is 0 Å². The molecule has 0 aromatic heterocycles. The van der Waals surface area contributed by atoms with Gasteiger partial charge >= 0.3 is 0 Å². The zero-order valence-corrected chi connectivity index (χ0v) is 16.3. The summed E-state index contributed by atoms with van der Waals surface area (Å²) >= 11 is 0. The van der Waals surface area contributed by atoms with Gasteiger partial charge in [0, 0.05) is 50.9 Å². The Balaban J connectivity index is 0.000000223. The lowest BCUT2D eigenvalue weighted by Crippen LogP contribution is -1.89. The Hall–Kier alpha value is -3.34. The fourth-order valence-corrected chi connectivity index (χ4v) is 2.32. The molecule has 27 heavy (non-hydrogen) atoms. The van der Waals surface area contributed by atoms with Crippen molar-refractivity contribution in [2.45, 2.75) is 0 Å². The van der Waals surface area contributed by atoms with Crippen LogP contribution >= 0.6 is 0 Å². The molecule has 0 spiro atoms. The SMILES string of the molecule is CNc1ccc(NC)cc1.CNc1ccc(Oc2ccc(NC)cc2)cc1. The summed E-state index contributed by atoms with van der Waals surface area (Å²) in [6.07, 6.45) is 0. The molecule has 0 aliphatic heterocycles. The van der Waals surface area contributed by atoms with Crippen LogP contribution in [-0.2, 0) is 0 Å². The molecular weight excluding hydrogens is 336 g/mol. The van der Waals surface area contributed by atoms with Crippen molar-refractivity contribution in [3.8, 4) is 11.5 Å². The first-order valence-corrected chi connectivity index (χ1v) is 8.87. The predicted octanol–water partition coefficient (Wildman–Crippen LogP) is 5.33. The van der Waals surface area contributed by atoms with Crippen LogP contribution in [0.25, 0.3) is 0 Å². The van der Waals surface area contributed by atoms with E-state index in [1.54, 1.807) is 0 Å². The second-order valence-electron chi connectivity index (χ2n) is 5.73. The van der Waals surface area contributed by atoms with Gasteiger partial charge in [0.2, 0.25) is 0 Å². The molecule has 0 fully saturated rings. The molecule has 0 unspecified atom stereocenters. The molecule has 0 aliphatic rings. The van der Waals surface area contributed by atoms with Crippen LogP contribution in [0.1, 0.15) is 0 Å². The molecule has 3 aromatic carbocycles. The number of hydrogen-bond donors (Lipinski definition) is 4. The third-order valence-electron chi connectivity index (χ3n) is 3.98. The Labute approximate surface area is 161 Å². The third-order valence-corrected chi connectivity index (χ3v) is 3.98. The fourth-order valence-electron chi connectivity index (χ4n) is 2.32. The monoisotopic (exact) mass is 364 g/mol. The Morgan fingerprint density at radius 3 is 0.852 bits per heavy atom. The van der Waals surface area contributed by atoms with E-state index in [1.807, 2.05) is 101 Å². The number of rotatable bonds is 6. The first-order valence-electron chi connectivity index (χ1n) is 8.87. The molecule has 5 heteroatoms. The molecule has 0 heterocycles. The Morgan fingerprint density at radius 1 is 0.407 bits per heavy atom. The van der Waals surface area contributed by atoms with E-state index in [0.29, 0.717) is 0 Å². The van der Waals surface area contributed by atoms with Crippen LogP contribution in [0.4, 0.5) is 22.7 Å². The van der Waals surface area contributed by atoms with Crippen molar-refractivity contribution in [2.75, 3.05) is 49.5 Å². The lowest BCUT2D eigenvalue weighted by Gasteiger charge is -2.07. The molecule has 3 aromatic rings. The van der Waals surface area contributed by atoms with E-state index in [1.165, 1.54) is 0 Å². The molecule has 4 N–H and O–H groups in total. The summed E-state index contributed by atoms with van der Waals surface area (Å²) in [5.74, 6) is 1.67. The summed E-state index contributed by atoms with van der Waals surface area (Å²) in [7, 11) is 7.61. The highest BCUT2D eigenvalue weighted by atomic mass is 16.5. The quantitative estimate of drug-likeness (QED) is 0.476. The van der Waals surface area contributed by atoms with E-state index in [0.717, 1.165) is 34.2 Å². The van der Waals surface area contributed by atoms with Gasteiger partial charge in [-0.25, -0.2) is 0 Å². The van der Waals surface area contributed by atoms with Gasteiger partial charge in [0.25, 0.3) is 0 Å². The number of hydrogen-bond acceptors (Lipinski definition) is 5. The highest BCUT2D eigenvalue weighted by molar-refractivity contribution is 5.53. The molecule has 0 saturated heterocycles. The van der Waals surface area contributed by atoms with Crippen molar-refractivity contribution in [1.82, 2.24) is 0 Å². The van der Waals surface area contributed by atoms with Crippen molar-refractivity contribution < 1.29 is 4.74 Å². The van der Waals surface area contributed by atoms with Crippen LogP contribution in [-0.4, -0.2) is 28.2 Å². The Kier molecular flexibility index (Phi) is 7.85. The van der Waals surface area contributed by atoms with Crippen LogP contribution in [0.15, 0.2) is 72.8 Å². The van der Waals surface area contributed by atoms with Gasteiger partial charge in [0.15, 0.2) is 0 Å². The predicted molar refractivity (Wildman–Crippen MR) is 118 cm³/mol. The van der Waals surface area contributed by atoms with Crippen LogP contribution in [0, 0.1) is 0 Å². The lowest BCUT2D eigenvalue weighted by molar-refractivity contribution is 0.483. The van der Waals surface area contributed by atoms with Crippen LogP contribution in [0.3, 0.4) is 0 Å². The summed E-state index contributed by atoms with van der Waals surface area (Å²) in [5, 5.41) is 12.2. The Bertz CT molecular complexity index is 716. The maximum atomic E-state index is 5.72. The Morgan fingerprint density at radius 2 is 0.630 bits per heavy atom. The average Bonchev–Trinajstić information content (AvgIpc) is 2.75. The fraction of sp³-hybridized carbons (Fsp3) is 0.182. The minimum Gasteiger partial charge on any atom is -0.457 e. The van der Waals surface area contributed by atoms with Crippen LogP contribution in [0.5, 0.6) is 11.5 Å². The molecule has 142 valence electrons. The van der Waals surface area contributed by atoms with Gasteiger partial charge in [0.1, 0.15) is 11.5 Å².